The van der Waals surface area contributed by atoms with Crippen molar-refractivity contribution < 1.29 is 19.0 Å². The second kappa shape index (κ2) is 10.3. The van der Waals surface area contributed by atoms with Crippen molar-refractivity contribution in [1.82, 2.24) is 9.66 Å². The molecule has 0 unspecified atom stereocenters. The number of hydrogen-bond acceptors (Lipinski definition) is 6. The van der Waals surface area contributed by atoms with E-state index in [1.165, 1.54) is 27.4 Å². The first-order valence-corrected chi connectivity index (χ1v) is 10.9. The van der Waals surface area contributed by atoms with E-state index in [1.807, 2.05) is 0 Å². The Kier molecular flexibility index (Phi) is 7.03. The Morgan fingerprint density at radius 3 is 2.34 bits per heavy atom. The van der Waals surface area contributed by atoms with E-state index in [0.717, 1.165) is 10.2 Å². The molecule has 0 atom stereocenters. The van der Waals surface area contributed by atoms with Gasteiger partial charge >= 0.3 is 0 Å². The van der Waals surface area contributed by atoms with Gasteiger partial charge in [-0.05, 0) is 48.0 Å². The van der Waals surface area contributed by atoms with Crippen LogP contribution in [0.15, 0.2) is 71.5 Å². The molecule has 0 aliphatic rings. The average molecular weight is 492 g/mol. The molecule has 0 radical (unpaired) electrons. The number of nitrogens with zero attached hydrogens (tertiary/aromatic N) is 2. The van der Waals surface area contributed by atoms with E-state index >= 15 is 0 Å². The highest BCUT2D eigenvalue weighted by atomic mass is 35.5. The predicted molar refractivity (Wildman–Crippen MR) is 136 cm³/mol. The first kappa shape index (κ1) is 23.8. The van der Waals surface area contributed by atoms with E-state index in [9.17, 15) is 9.59 Å². The van der Waals surface area contributed by atoms with E-state index in [4.69, 9.17) is 25.8 Å². The van der Waals surface area contributed by atoms with Crippen LogP contribution < -0.4 is 25.2 Å². The molecule has 0 fully saturated rings. The number of amides is 1. The molecule has 8 nitrogen and oxygen atoms in total. The second-order valence-electron chi connectivity index (χ2n) is 7.37. The first-order chi connectivity index (χ1) is 16.9. The van der Waals surface area contributed by atoms with Gasteiger partial charge in [-0.25, -0.2) is 4.98 Å². The van der Waals surface area contributed by atoms with Gasteiger partial charge in [0.2, 0.25) is 5.75 Å². The molecule has 35 heavy (non-hydrogen) atoms. The van der Waals surface area contributed by atoms with Crippen LogP contribution in [0.4, 0.5) is 0 Å². The van der Waals surface area contributed by atoms with E-state index in [1.54, 1.807) is 66.7 Å². The number of aromatic nitrogens is 2. The molecule has 4 rings (SSSR count). The maximum atomic E-state index is 13.4. The summed E-state index contributed by atoms with van der Waals surface area (Å²) in [5.74, 6) is 0.809. The Hall–Kier alpha value is -4.30. The quantitative estimate of drug-likeness (QED) is 0.382. The Labute approximate surface area is 206 Å². The number of carbonyl (C=O) groups excluding carboxylic acids is 1. The monoisotopic (exact) mass is 491 g/mol. The predicted octanol–water partition coefficient (Wildman–Crippen LogP) is 4.53. The van der Waals surface area contributed by atoms with E-state index in [-0.39, 0.29) is 5.82 Å². The molecule has 0 spiro atoms. The van der Waals surface area contributed by atoms with Gasteiger partial charge < -0.3 is 14.2 Å². The second-order valence-corrected chi connectivity index (χ2v) is 7.81. The molecule has 0 saturated carbocycles. The van der Waals surface area contributed by atoms with Crippen molar-refractivity contribution >= 4 is 34.5 Å². The van der Waals surface area contributed by atoms with Crippen LogP contribution in [0, 0.1) is 0 Å². The van der Waals surface area contributed by atoms with Crippen molar-refractivity contribution in [2.75, 3.05) is 26.8 Å². The molecule has 0 aliphatic carbocycles. The third kappa shape index (κ3) is 4.97. The Morgan fingerprint density at radius 2 is 1.69 bits per heavy atom. The summed E-state index contributed by atoms with van der Waals surface area (Å²) in [7, 11) is 4.48. The number of fused-ring (bicyclic) bond motifs is 1. The highest BCUT2D eigenvalue weighted by Gasteiger charge is 2.19. The molecule has 9 heteroatoms. The van der Waals surface area contributed by atoms with Gasteiger partial charge in [-0.2, -0.15) is 4.68 Å². The van der Waals surface area contributed by atoms with Crippen LogP contribution in [0.1, 0.15) is 5.56 Å². The topological polar surface area (TPSA) is 91.7 Å². The molecule has 1 N–H and O–H groups in total. The van der Waals surface area contributed by atoms with E-state index < -0.39 is 11.5 Å². The fraction of sp³-hybridized carbons (Fsp3) is 0.115. The highest BCUT2D eigenvalue weighted by Crippen LogP contribution is 2.40. The molecular formula is C26H22ClN3O5. The summed E-state index contributed by atoms with van der Waals surface area (Å²) >= 11 is 6.01. The number of halogens is 1. The minimum atomic E-state index is -0.530. The van der Waals surface area contributed by atoms with Crippen LogP contribution in [0.25, 0.3) is 28.4 Å². The van der Waals surface area contributed by atoms with Crippen LogP contribution in [0.3, 0.4) is 0 Å². The minimum Gasteiger partial charge on any atom is -0.493 e. The summed E-state index contributed by atoms with van der Waals surface area (Å²) in [6.07, 6.45) is 2.91. The van der Waals surface area contributed by atoms with Gasteiger partial charge in [0.15, 0.2) is 17.3 Å². The molecule has 3 aromatic carbocycles. The van der Waals surface area contributed by atoms with Crippen LogP contribution in [0.2, 0.25) is 5.02 Å². The maximum absolute atomic E-state index is 13.4. The van der Waals surface area contributed by atoms with Crippen molar-refractivity contribution in [2.24, 2.45) is 0 Å². The van der Waals surface area contributed by atoms with Crippen molar-refractivity contribution in [3.8, 4) is 28.6 Å². The fourth-order valence-electron chi connectivity index (χ4n) is 3.57. The van der Waals surface area contributed by atoms with E-state index in [0.29, 0.717) is 38.7 Å². The van der Waals surface area contributed by atoms with Crippen LogP contribution >= 0.6 is 11.6 Å². The average Bonchev–Trinajstić information content (AvgIpc) is 2.88. The number of carbonyl (C=O) groups is 1. The summed E-state index contributed by atoms with van der Waals surface area (Å²) in [6.45, 7) is 0. The number of rotatable bonds is 7. The Bertz CT molecular complexity index is 1470. The largest absolute Gasteiger partial charge is 0.493 e. The number of para-hydroxylation sites is 1. The van der Waals surface area contributed by atoms with Gasteiger partial charge in [-0.1, -0.05) is 35.9 Å². The third-order valence-corrected chi connectivity index (χ3v) is 5.43. The van der Waals surface area contributed by atoms with E-state index in [2.05, 4.69) is 10.4 Å². The lowest BCUT2D eigenvalue weighted by Gasteiger charge is -2.17. The standard InChI is InChI=1S/C26H22ClN3O5/c1-33-21-14-17(15-22(34-2)24(21)35-3)25-28-20-10-5-4-9-19(20)26(32)30(25)29-23(31)12-11-16-7-6-8-18(27)13-16/h4-15H,1-3H3,(H,29,31)/b12-11+. The van der Waals surface area contributed by atoms with Crippen molar-refractivity contribution in [1.29, 1.82) is 0 Å². The normalized spacial score (nSPS) is 11.0. The summed E-state index contributed by atoms with van der Waals surface area (Å²) in [6, 6.07) is 17.2. The summed E-state index contributed by atoms with van der Waals surface area (Å²) in [5, 5.41) is 0.898. The summed E-state index contributed by atoms with van der Waals surface area (Å²) < 4.78 is 17.4. The van der Waals surface area contributed by atoms with Crippen molar-refractivity contribution in [3.63, 3.8) is 0 Å². The lowest BCUT2D eigenvalue weighted by atomic mass is 10.1. The maximum Gasteiger partial charge on any atom is 0.280 e. The van der Waals surface area contributed by atoms with Crippen LogP contribution in [-0.4, -0.2) is 36.9 Å². The van der Waals surface area contributed by atoms with Gasteiger partial charge in [-0.15, -0.1) is 0 Å². The number of ether oxygens (including phenoxy) is 3. The molecule has 0 saturated heterocycles. The molecule has 0 aliphatic heterocycles. The SMILES string of the molecule is COc1cc(-c2nc3ccccc3c(=O)n2NC(=O)/C=C/c2cccc(Cl)c2)cc(OC)c1OC. The zero-order valence-corrected chi connectivity index (χ0v) is 20.0. The highest BCUT2D eigenvalue weighted by molar-refractivity contribution is 6.30. The number of methoxy groups -OCH3 is 3. The van der Waals surface area contributed by atoms with Crippen molar-refractivity contribution in [2.45, 2.75) is 0 Å². The summed E-state index contributed by atoms with van der Waals surface area (Å²) in [4.78, 5) is 30.8. The Balaban J connectivity index is 1.84. The lowest BCUT2D eigenvalue weighted by molar-refractivity contribution is -0.112. The summed E-state index contributed by atoms with van der Waals surface area (Å²) in [5.41, 5.74) is 3.87. The van der Waals surface area contributed by atoms with Crippen LogP contribution in [-0.2, 0) is 4.79 Å². The zero-order valence-electron chi connectivity index (χ0n) is 19.2. The molecule has 1 amide bonds. The minimum absolute atomic E-state index is 0.192. The number of benzene rings is 3. The third-order valence-electron chi connectivity index (χ3n) is 5.20. The smallest absolute Gasteiger partial charge is 0.280 e. The number of nitrogens with one attached hydrogen (secondary N) is 1. The molecule has 1 heterocycles. The lowest BCUT2D eigenvalue weighted by Crippen LogP contribution is -2.34. The number of hydrogen-bond donors (Lipinski definition) is 1. The van der Waals surface area contributed by atoms with Gasteiger partial charge in [0.05, 0.1) is 32.2 Å². The Morgan fingerprint density at radius 1 is 0.971 bits per heavy atom. The molecular weight excluding hydrogens is 470 g/mol. The van der Waals surface area contributed by atoms with Gasteiger partial charge in [0.1, 0.15) is 0 Å². The first-order valence-electron chi connectivity index (χ1n) is 10.5. The molecule has 0 bridgehead atoms. The fourth-order valence-corrected chi connectivity index (χ4v) is 3.77. The zero-order chi connectivity index (χ0) is 24.9. The van der Waals surface area contributed by atoms with Gasteiger partial charge in [-0.3, -0.25) is 15.0 Å². The van der Waals surface area contributed by atoms with Gasteiger partial charge in [0, 0.05) is 16.7 Å². The van der Waals surface area contributed by atoms with Crippen molar-refractivity contribution in [3.05, 3.63) is 87.7 Å². The molecule has 178 valence electrons. The molecule has 1 aromatic heterocycles. The van der Waals surface area contributed by atoms with Crippen LogP contribution in [0.5, 0.6) is 17.2 Å². The van der Waals surface area contributed by atoms with Gasteiger partial charge in [0.25, 0.3) is 11.5 Å². The molecule has 4 aromatic rings.